The summed E-state index contributed by atoms with van der Waals surface area (Å²) in [5.41, 5.74) is 14.8. The van der Waals surface area contributed by atoms with Crippen molar-refractivity contribution in [2.75, 3.05) is 17.7 Å². The Morgan fingerprint density at radius 2 is 1.45 bits per heavy atom. The SMILES string of the molecule is CN(c1ccccc1)c1cc(-c2ccc(Oc3ccc(N)cc3)cc2)cc(C(N)=O)n1. The predicted molar refractivity (Wildman–Crippen MR) is 124 cm³/mol. The molecule has 0 fully saturated rings. The molecule has 1 aromatic heterocycles. The van der Waals surface area contributed by atoms with Gasteiger partial charge in [-0.1, -0.05) is 30.3 Å². The summed E-state index contributed by atoms with van der Waals surface area (Å²) >= 11 is 0. The zero-order chi connectivity index (χ0) is 21.8. The van der Waals surface area contributed by atoms with Crippen molar-refractivity contribution in [3.05, 3.63) is 96.7 Å². The number of anilines is 3. The Bertz CT molecular complexity index is 1190. The van der Waals surface area contributed by atoms with E-state index in [1.54, 1.807) is 18.2 Å². The van der Waals surface area contributed by atoms with Crippen LogP contribution in [-0.4, -0.2) is 17.9 Å². The first kappa shape index (κ1) is 20.0. The van der Waals surface area contributed by atoms with Crippen LogP contribution in [0.15, 0.2) is 91.0 Å². The van der Waals surface area contributed by atoms with Gasteiger partial charge in [-0.2, -0.15) is 0 Å². The molecule has 0 unspecified atom stereocenters. The number of para-hydroxylation sites is 1. The fraction of sp³-hybridized carbons (Fsp3) is 0.0400. The lowest BCUT2D eigenvalue weighted by Gasteiger charge is -2.20. The highest BCUT2D eigenvalue weighted by molar-refractivity contribution is 5.93. The molecule has 1 heterocycles. The molecule has 0 bridgehead atoms. The largest absolute Gasteiger partial charge is 0.457 e. The molecular weight excluding hydrogens is 388 g/mol. The maximum Gasteiger partial charge on any atom is 0.267 e. The number of nitrogens with zero attached hydrogens (tertiary/aromatic N) is 2. The van der Waals surface area contributed by atoms with Gasteiger partial charge in [-0.25, -0.2) is 4.98 Å². The molecule has 6 nitrogen and oxygen atoms in total. The van der Waals surface area contributed by atoms with Gasteiger partial charge in [-0.3, -0.25) is 4.79 Å². The lowest BCUT2D eigenvalue weighted by Crippen LogP contribution is -2.17. The number of amides is 1. The first-order valence-corrected chi connectivity index (χ1v) is 9.74. The fourth-order valence-corrected chi connectivity index (χ4v) is 3.15. The number of nitrogens with two attached hydrogens (primary N) is 2. The van der Waals surface area contributed by atoms with Crippen LogP contribution >= 0.6 is 0 Å². The maximum absolute atomic E-state index is 11.9. The summed E-state index contributed by atoms with van der Waals surface area (Å²) in [6, 6.07) is 28.2. The number of benzene rings is 3. The zero-order valence-corrected chi connectivity index (χ0v) is 17.0. The van der Waals surface area contributed by atoms with E-state index in [0.717, 1.165) is 16.8 Å². The standard InChI is InChI=1S/C25H22N4O2/c1-29(20-5-3-2-4-6-20)24-16-18(15-23(28-24)25(27)30)17-7-11-21(12-8-17)31-22-13-9-19(26)10-14-22/h2-16H,26H2,1H3,(H2,27,30). The molecule has 0 aliphatic carbocycles. The van der Waals surface area contributed by atoms with Gasteiger partial charge >= 0.3 is 0 Å². The summed E-state index contributed by atoms with van der Waals surface area (Å²) in [4.78, 5) is 18.2. The van der Waals surface area contributed by atoms with Crippen LogP contribution in [0.3, 0.4) is 0 Å². The molecule has 0 aliphatic rings. The van der Waals surface area contributed by atoms with Crippen LogP contribution in [-0.2, 0) is 0 Å². The molecule has 4 N–H and O–H groups in total. The average molecular weight is 410 g/mol. The van der Waals surface area contributed by atoms with E-state index in [1.165, 1.54) is 0 Å². The monoisotopic (exact) mass is 410 g/mol. The minimum atomic E-state index is -0.576. The summed E-state index contributed by atoms with van der Waals surface area (Å²) < 4.78 is 5.86. The van der Waals surface area contributed by atoms with Gasteiger partial charge in [0.05, 0.1) is 0 Å². The van der Waals surface area contributed by atoms with Crippen LogP contribution in [0.4, 0.5) is 17.2 Å². The number of ether oxygens (including phenoxy) is 1. The second-order valence-electron chi connectivity index (χ2n) is 7.05. The number of primary amides is 1. The molecule has 0 spiro atoms. The van der Waals surface area contributed by atoms with Crippen LogP contribution in [0.5, 0.6) is 11.5 Å². The number of hydrogen-bond acceptors (Lipinski definition) is 5. The average Bonchev–Trinajstić information content (AvgIpc) is 2.81. The van der Waals surface area contributed by atoms with Crippen LogP contribution in [0.1, 0.15) is 10.5 Å². The van der Waals surface area contributed by atoms with Crippen molar-refractivity contribution in [3.8, 4) is 22.6 Å². The van der Waals surface area contributed by atoms with Crippen molar-refractivity contribution in [1.82, 2.24) is 4.98 Å². The number of carbonyl (C=O) groups excluding carboxylic acids is 1. The molecule has 3 aromatic carbocycles. The first-order chi connectivity index (χ1) is 15.0. The number of rotatable bonds is 6. The Morgan fingerprint density at radius 3 is 2.06 bits per heavy atom. The summed E-state index contributed by atoms with van der Waals surface area (Å²) in [6.45, 7) is 0. The Kier molecular flexibility index (Phi) is 5.53. The van der Waals surface area contributed by atoms with E-state index in [0.29, 0.717) is 23.0 Å². The molecule has 0 aliphatic heterocycles. The highest BCUT2D eigenvalue weighted by Crippen LogP contribution is 2.30. The van der Waals surface area contributed by atoms with Crippen LogP contribution in [0.25, 0.3) is 11.1 Å². The number of hydrogen-bond donors (Lipinski definition) is 2. The smallest absolute Gasteiger partial charge is 0.267 e. The lowest BCUT2D eigenvalue weighted by molar-refractivity contribution is 0.0995. The minimum Gasteiger partial charge on any atom is -0.457 e. The van der Waals surface area contributed by atoms with Gasteiger partial charge in [0.2, 0.25) is 0 Å². The summed E-state index contributed by atoms with van der Waals surface area (Å²) in [5.74, 6) is 1.44. The van der Waals surface area contributed by atoms with E-state index >= 15 is 0 Å². The molecular formula is C25H22N4O2. The van der Waals surface area contributed by atoms with Gasteiger partial charge in [0, 0.05) is 18.4 Å². The van der Waals surface area contributed by atoms with Gasteiger partial charge in [0.25, 0.3) is 5.91 Å². The van der Waals surface area contributed by atoms with E-state index in [9.17, 15) is 4.79 Å². The highest BCUT2D eigenvalue weighted by Gasteiger charge is 2.13. The topological polar surface area (TPSA) is 94.5 Å². The van der Waals surface area contributed by atoms with Gasteiger partial charge in [0.15, 0.2) is 0 Å². The third kappa shape index (κ3) is 4.64. The number of nitrogen functional groups attached to an aromatic ring is 1. The van der Waals surface area contributed by atoms with Gasteiger partial charge in [0.1, 0.15) is 23.0 Å². The van der Waals surface area contributed by atoms with Crippen LogP contribution in [0, 0.1) is 0 Å². The van der Waals surface area contributed by atoms with Crippen molar-refractivity contribution in [3.63, 3.8) is 0 Å². The van der Waals surface area contributed by atoms with E-state index in [2.05, 4.69) is 4.98 Å². The Labute approximate surface area is 180 Å². The second kappa shape index (κ2) is 8.59. The van der Waals surface area contributed by atoms with Crippen molar-refractivity contribution >= 4 is 23.1 Å². The Morgan fingerprint density at radius 1 is 0.839 bits per heavy atom. The predicted octanol–water partition coefficient (Wildman–Crippen LogP) is 4.99. The molecule has 0 radical (unpaired) electrons. The summed E-state index contributed by atoms with van der Waals surface area (Å²) in [6.07, 6.45) is 0. The van der Waals surface area contributed by atoms with Crippen molar-refractivity contribution in [1.29, 1.82) is 0 Å². The van der Waals surface area contributed by atoms with Gasteiger partial charge < -0.3 is 21.1 Å². The third-order valence-electron chi connectivity index (χ3n) is 4.85. The van der Waals surface area contributed by atoms with Crippen molar-refractivity contribution < 1.29 is 9.53 Å². The third-order valence-corrected chi connectivity index (χ3v) is 4.85. The summed E-state index contributed by atoms with van der Waals surface area (Å²) in [7, 11) is 1.90. The normalized spacial score (nSPS) is 10.5. The first-order valence-electron chi connectivity index (χ1n) is 9.74. The molecule has 6 heteroatoms. The van der Waals surface area contributed by atoms with Crippen molar-refractivity contribution in [2.24, 2.45) is 5.73 Å². The summed E-state index contributed by atoms with van der Waals surface area (Å²) in [5, 5.41) is 0. The quantitative estimate of drug-likeness (QED) is 0.437. The van der Waals surface area contributed by atoms with Gasteiger partial charge in [-0.05, 0) is 71.8 Å². The molecule has 4 rings (SSSR count). The molecule has 0 saturated carbocycles. The van der Waals surface area contributed by atoms with Crippen LogP contribution in [0.2, 0.25) is 0 Å². The van der Waals surface area contributed by atoms with Gasteiger partial charge in [-0.15, -0.1) is 0 Å². The maximum atomic E-state index is 11.9. The van der Waals surface area contributed by atoms with E-state index in [4.69, 9.17) is 16.2 Å². The fourth-order valence-electron chi connectivity index (χ4n) is 3.15. The zero-order valence-electron chi connectivity index (χ0n) is 17.0. The molecule has 31 heavy (non-hydrogen) atoms. The molecule has 1 amide bonds. The molecule has 154 valence electrons. The molecule has 4 aromatic rings. The minimum absolute atomic E-state index is 0.206. The van der Waals surface area contributed by atoms with Crippen LogP contribution < -0.4 is 21.1 Å². The molecule has 0 atom stereocenters. The van der Waals surface area contributed by atoms with E-state index in [-0.39, 0.29) is 5.69 Å². The Balaban J connectivity index is 1.64. The number of aromatic nitrogens is 1. The molecule has 0 saturated heterocycles. The number of pyridine rings is 1. The number of carbonyl (C=O) groups is 1. The second-order valence-corrected chi connectivity index (χ2v) is 7.05. The van der Waals surface area contributed by atoms with E-state index in [1.807, 2.05) is 84.7 Å². The Hall–Kier alpha value is -4.32. The lowest BCUT2D eigenvalue weighted by atomic mass is 10.0. The van der Waals surface area contributed by atoms with Crippen molar-refractivity contribution in [2.45, 2.75) is 0 Å². The van der Waals surface area contributed by atoms with E-state index < -0.39 is 5.91 Å². The highest BCUT2D eigenvalue weighted by atomic mass is 16.5.